The molecule has 0 bridgehead atoms. The van der Waals surface area contributed by atoms with E-state index < -0.39 is 6.04 Å². The maximum Gasteiger partial charge on any atom is 0.157 e. The van der Waals surface area contributed by atoms with Crippen molar-refractivity contribution in [3.8, 4) is 0 Å². The van der Waals surface area contributed by atoms with Gasteiger partial charge in [0.2, 0.25) is 0 Å². The number of rotatable bonds is 6. The van der Waals surface area contributed by atoms with Crippen molar-refractivity contribution in [2.75, 3.05) is 13.7 Å². The van der Waals surface area contributed by atoms with Crippen molar-refractivity contribution < 1.29 is 9.53 Å². The topological polar surface area (TPSA) is 52.3 Å². The summed E-state index contributed by atoms with van der Waals surface area (Å²) >= 11 is 1.68. The number of carbonyl (C=O) groups excluding carboxylic acids is 1. The zero-order chi connectivity index (χ0) is 11.3. The minimum absolute atomic E-state index is 0.0429. The Kier molecular flexibility index (Phi) is 4.94. The Labute approximate surface area is 94.2 Å². The van der Waals surface area contributed by atoms with Crippen molar-refractivity contribution in [1.82, 2.24) is 0 Å². The molecule has 0 aliphatic heterocycles. The molecule has 0 aliphatic carbocycles. The lowest BCUT2D eigenvalue weighted by Crippen LogP contribution is -2.35. The molecule has 2 N–H and O–H groups in total. The highest BCUT2D eigenvalue weighted by Gasteiger charge is 2.14. The van der Waals surface area contributed by atoms with Gasteiger partial charge in [-0.2, -0.15) is 0 Å². The second kappa shape index (κ2) is 6.00. The van der Waals surface area contributed by atoms with Gasteiger partial charge in [0.25, 0.3) is 0 Å². The first kappa shape index (κ1) is 12.4. The molecule has 0 saturated heterocycles. The first-order valence-electron chi connectivity index (χ1n) is 5.02. The smallest absolute Gasteiger partial charge is 0.157 e. The highest BCUT2D eigenvalue weighted by molar-refractivity contribution is 7.12. The predicted octanol–water partition coefficient (Wildman–Crippen LogP) is 1.40. The van der Waals surface area contributed by atoms with Crippen LogP contribution in [0.3, 0.4) is 0 Å². The SMILES string of the molecule is CCc1ccc(CC(=O)C(N)COC)s1. The third-order valence-electron chi connectivity index (χ3n) is 2.17. The number of hydrogen-bond donors (Lipinski definition) is 1. The summed E-state index contributed by atoms with van der Waals surface area (Å²) in [6.45, 7) is 2.40. The molecule has 0 saturated carbocycles. The molecule has 0 radical (unpaired) electrons. The van der Waals surface area contributed by atoms with Crippen molar-refractivity contribution in [2.24, 2.45) is 5.73 Å². The average molecular weight is 227 g/mol. The first-order valence-corrected chi connectivity index (χ1v) is 5.83. The summed E-state index contributed by atoms with van der Waals surface area (Å²) < 4.78 is 4.85. The molecule has 1 aromatic rings. The van der Waals surface area contributed by atoms with Crippen LogP contribution < -0.4 is 5.73 Å². The lowest BCUT2D eigenvalue weighted by atomic mass is 10.1. The number of ketones is 1. The van der Waals surface area contributed by atoms with E-state index in [0.29, 0.717) is 13.0 Å². The van der Waals surface area contributed by atoms with Crippen molar-refractivity contribution >= 4 is 17.1 Å². The van der Waals surface area contributed by atoms with Gasteiger partial charge in [-0.15, -0.1) is 11.3 Å². The van der Waals surface area contributed by atoms with Crippen LogP contribution in [-0.4, -0.2) is 25.5 Å². The van der Waals surface area contributed by atoms with E-state index in [1.807, 2.05) is 6.07 Å². The van der Waals surface area contributed by atoms with Gasteiger partial charge in [-0.25, -0.2) is 0 Å². The van der Waals surface area contributed by atoms with E-state index in [2.05, 4.69) is 13.0 Å². The van der Waals surface area contributed by atoms with Crippen LogP contribution in [-0.2, 0) is 22.4 Å². The van der Waals surface area contributed by atoms with E-state index >= 15 is 0 Å². The summed E-state index contributed by atoms with van der Waals surface area (Å²) in [5.74, 6) is 0.0429. The lowest BCUT2D eigenvalue weighted by molar-refractivity contribution is -0.120. The Bertz CT molecular complexity index is 322. The van der Waals surface area contributed by atoms with Gasteiger partial charge in [0, 0.05) is 23.3 Å². The van der Waals surface area contributed by atoms with Crippen LogP contribution in [0.2, 0.25) is 0 Å². The summed E-state index contributed by atoms with van der Waals surface area (Å²) in [6.07, 6.45) is 1.44. The molecule has 0 fully saturated rings. The van der Waals surface area contributed by atoms with E-state index in [0.717, 1.165) is 11.3 Å². The molecule has 0 spiro atoms. The van der Waals surface area contributed by atoms with Gasteiger partial charge in [0.05, 0.1) is 12.6 Å². The molecule has 84 valence electrons. The van der Waals surface area contributed by atoms with Crippen LogP contribution in [0.1, 0.15) is 16.7 Å². The maximum absolute atomic E-state index is 11.6. The lowest BCUT2D eigenvalue weighted by Gasteiger charge is -2.07. The number of ether oxygens (including phenoxy) is 1. The summed E-state index contributed by atoms with van der Waals surface area (Å²) in [7, 11) is 1.55. The van der Waals surface area contributed by atoms with Gasteiger partial charge < -0.3 is 10.5 Å². The molecule has 0 aromatic carbocycles. The van der Waals surface area contributed by atoms with Gasteiger partial charge in [-0.3, -0.25) is 4.79 Å². The Morgan fingerprint density at radius 2 is 2.20 bits per heavy atom. The van der Waals surface area contributed by atoms with E-state index in [4.69, 9.17) is 10.5 Å². The molecule has 0 amide bonds. The summed E-state index contributed by atoms with van der Waals surface area (Å²) in [5.41, 5.74) is 5.64. The van der Waals surface area contributed by atoms with Gasteiger partial charge >= 0.3 is 0 Å². The largest absolute Gasteiger partial charge is 0.383 e. The molecule has 1 heterocycles. The van der Waals surface area contributed by atoms with E-state index in [1.165, 1.54) is 4.88 Å². The van der Waals surface area contributed by atoms with Gasteiger partial charge in [0.1, 0.15) is 0 Å². The van der Waals surface area contributed by atoms with Crippen molar-refractivity contribution in [3.05, 3.63) is 21.9 Å². The Balaban J connectivity index is 2.50. The number of carbonyl (C=O) groups is 1. The number of aryl methyl sites for hydroxylation is 1. The summed E-state index contributed by atoms with van der Waals surface area (Å²) in [4.78, 5) is 14.0. The quantitative estimate of drug-likeness (QED) is 0.799. The molecule has 1 aromatic heterocycles. The van der Waals surface area contributed by atoms with Crippen LogP contribution in [0.4, 0.5) is 0 Å². The van der Waals surface area contributed by atoms with E-state index in [9.17, 15) is 4.79 Å². The Hall–Kier alpha value is -0.710. The number of methoxy groups -OCH3 is 1. The van der Waals surface area contributed by atoms with E-state index in [-0.39, 0.29) is 5.78 Å². The number of hydrogen-bond acceptors (Lipinski definition) is 4. The number of Topliss-reactive ketones (excluding diaryl/α,β-unsaturated/α-hetero) is 1. The molecule has 1 atom stereocenters. The Morgan fingerprint density at radius 1 is 1.53 bits per heavy atom. The standard InChI is InChI=1S/C11H17NO2S/c1-3-8-4-5-9(15-8)6-11(13)10(12)7-14-2/h4-5,10H,3,6-7,12H2,1-2H3. The van der Waals surface area contributed by atoms with Crippen LogP contribution in [0.5, 0.6) is 0 Å². The zero-order valence-electron chi connectivity index (χ0n) is 9.16. The molecule has 4 heteroatoms. The third-order valence-corrected chi connectivity index (χ3v) is 3.40. The van der Waals surface area contributed by atoms with Gasteiger partial charge in [-0.05, 0) is 18.6 Å². The van der Waals surface area contributed by atoms with Crippen molar-refractivity contribution in [2.45, 2.75) is 25.8 Å². The second-order valence-corrected chi connectivity index (χ2v) is 4.68. The van der Waals surface area contributed by atoms with Crippen molar-refractivity contribution in [3.63, 3.8) is 0 Å². The fraction of sp³-hybridized carbons (Fsp3) is 0.545. The minimum atomic E-state index is -0.498. The molecule has 0 aliphatic rings. The van der Waals surface area contributed by atoms with Crippen LogP contribution in [0.25, 0.3) is 0 Å². The average Bonchev–Trinajstić information content (AvgIpc) is 2.66. The molecule has 3 nitrogen and oxygen atoms in total. The van der Waals surface area contributed by atoms with Gasteiger partial charge in [-0.1, -0.05) is 6.92 Å². The number of nitrogens with two attached hydrogens (primary N) is 1. The minimum Gasteiger partial charge on any atom is -0.383 e. The molecule has 15 heavy (non-hydrogen) atoms. The van der Waals surface area contributed by atoms with Crippen molar-refractivity contribution in [1.29, 1.82) is 0 Å². The van der Waals surface area contributed by atoms with Gasteiger partial charge in [0.15, 0.2) is 5.78 Å². The molecule has 1 unspecified atom stereocenters. The highest BCUT2D eigenvalue weighted by atomic mass is 32.1. The maximum atomic E-state index is 11.6. The predicted molar refractivity (Wildman–Crippen MR) is 62.3 cm³/mol. The fourth-order valence-corrected chi connectivity index (χ4v) is 2.25. The third kappa shape index (κ3) is 3.74. The van der Waals surface area contributed by atoms with Crippen LogP contribution in [0, 0.1) is 0 Å². The second-order valence-electron chi connectivity index (χ2n) is 3.43. The summed E-state index contributed by atoms with van der Waals surface area (Å²) in [6, 6.07) is 3.57. The fourth-order valence-electron chi connectivity index (χ4n) is 1.28. The molecular formula is C11H17NO2S. The highest BCUT2D eigenvalue weighted by Crippen LogP contribution is 2.17. The zero-order valence-corrected chi connectivity index (χ0v) is 9.97. The van der Waals surface area contributed by atoms with Crippen LogP contribution in [0.15, 0.2) is 12.1 Å². The monoisotopic (exact) mass is 227 g/mol. The normalized spacial score (nSPS) is 12.7. The number of thiophene rings is 1. The van der Waals surface area contributed by atoms with E-state index in [1.54, 1.807) is 18.4 Å². The molecule has 1 rings (SSSR count). The Morgan fingerprint density at radius 3 is 2.73 bits per heavy atom. The first-order chi connectivity index (χ1) is 7.17. The molecular weight excluding hydrogens is 210 g/mol. The van der Waals surface area contributed by atoms with Crippen LogP contribution >= 0.6 is 11.3 Å². The summed E-state index contributed by atoms with van der Waals surface area (Å²) in [5, 5.41) is 0.